The van der Waals surface area contributed by atoms with Crippen LogP contribution in [-0.4, -0.2) is 169 Å². The molecule has 0 bridgehead atoms. The highest BCUT2D eigenvalue weighted by molar-refractivity contribution is 9.09. The van der Waals surface area contributed by atoms with Crippen molar-refractivity contribution >= 4 is 69.2 Å². The third-order valence-corrected chi connectivity index (χ3v) is 16.5. The number of nitrogens with two attached hydrogens (primary N) is 1. The fourth-order valence-electron chi connectivity index (χ4n) is 11.0. The van der Waals surface area contributed by atoms with Gasteiger partial charge in [0.1, 0.15) is 18.7 Å². The van der Waals surface area contributed by atoms with Crippen LogP contribution in [0.5, 0.6) is 5.75 Å². The lowest BCUT2D eigenvalue weighted by atomic mass is 9.89. The largest absolute Gasteiger partial charge is 0.445 e. The molecule has 1 fully saturated rings. The van der Waals surface area contributed by atoms with Crippen LogP contribution in [0.4, 0.5) is 15.3 Å². The number of alkyl halides is 1. The van der Waals surface area contributed by atoms with Gasteiger partial charge in [0, 0.05) is 53.9 Å². The van der Waals surface area contributed by atoms with Crippen molar-refractivity contribution in [3.63, 3.8) is 0 Å². The fraction of sp³-hybridized carbons (Fsp3) is 0.639. The number of ether oxygens (including phenoxy) is 4. The first-order valence-corrected chi connectivity index (χ1v) is 30.5. The monoisotopic (exact) mass is 1240 g/mol. The van der Waals surface area contributed by atoms with Crippen molar-refractivity contribution < 1.29 is 62.4 Å². The molecule has 1 aliphatic carbocycles. The Bertz CT molecular complexity index is 2520. The lowest BCUT2D eigenvalue weighted by molar-refractivity contribution is -0.148. The smallest absolute Gasteiger partial charge is 0.412 e. The Hall–Kier alpha value is -6.14. The van der Waals surface area contributed by atoms with Crippen molar-refractivity contribution in [3.8, 4) is 5.75 Å². The highest BCUT2D eigenvalue weighted by atomic mass is 79.9. The highest BCUT2D eigenvalue weighted by Crippen LogP contribution is 2.31. The van der Waals surface area contributed by atoms with Gasteiger partial charge in [0.15, 0.2) is 5.75 Å². The number of aliphatic hydroxyl groups is 1. The van der Waals surface area contributed by atoms with Gasteiger partial charge < -0.3 is 66.2 Å². The predicted molar refractivity (Wildman–Crippen MR) is 323 cm³/mol. The van der Waals surface area contributed by atoms with Gasteiger partial charge in [0.05, 0.1) is 65.8 Å². The quantitative estimate of drug-likeness (QED) is 0.0346. The van der Waals surface area contributed by atoms with Crippen LogP contribution >= 0.6 is 15.9 Å². The Labute approximate surface area is 504 Å². The number of aliphatic hydroxyl groups excluding tert-OH is 1. The molecule has 23 heteroatoms. The summed E-state index contributed by atoms with van der Waals surface area (Å²) in [6.45, 7) is 14.7. The van der Waals surface area contributed by atoms with E-state index in [4.69, 9.17) is 24.7 Å². The average Bonchev–Trinajstić information content (AvgIpc) is 3.81. The maximum atomic E-state index is 14.8. The molecule has 0 aromatic heterocycles. The Balaban J connectivity index is 1.46. The molecule has 0 radical (unpaired) electrons. The number of carbonyl (C=O) groups excluding carboxylic acids is 8. The molecule has 1 heterocycles. The number of likely N-dealkylation sites (N-methyl/N-ethyl adjacent to an activating group) is 2. The molecule has 8 amide bonds. The molecule has 2 aliphatic rings. The number of halogens is 1. The molecule has 0 spiro atoms. The van der Waals surface area contributed by atoms with Crippen molar-refractivity contribution in [2.24, 2.45) is 29.4 Å². The zero-order chi connectivity index (χ0) is 62.4. The average molecular weight is 1240 g/mol. The number of nitrogens with zero attached hydrogens (tertiary/aromatic N) is 3. The zero-order valence-corrected chi connectivity index (χ0v) is 52.8. The third kappa shape index (κ3) is 20.3. The summed E-state index contributed by atoms with van der Waals surface area (Å²) in [5.74, 6) is -4.12. The first kappa shape index (κ1) is 70.3. The Morgan fingerprint density at radius 1 is 0.845 bits per heavy atom. The van der Waals surface area contributed by atoms with Crippen molar-refractivity contribution in [1.29, 1.82) is 0 Å². The van der Waals surface area contributed by atoms with E-state index in [0.29, 0.717) is 43.4 Å². The number of benzene rings is 2. The number of allylic oxidation sites excluding steroid dienone is 1. The van der Waals surface area contributed by atoms with Crippen LogP contribution in [-0.2, 0) is 49.6 Å². The first-order chi connectivity index (χ1) is 39.9. The van der Waals surface area contributed by atoms with E-state index in [9.17, 15) is 43.5 Å². The van der Waals surface area contributed by atoms with Gasteiger partial charge in [-0.3, -0.25) is 33.7 Å². The number of hydrogen-bond donors (Lipinski definition) is 7. The minimum atomic E-state index is -1.11. The van der Waals surface area contributed by atoms with Gasteiger partial charge in [-0.2, -0.15) is 0 Å². The summed E-state index contributed by atoms with van der Waals surface area (Å²) < 4.78 is 23.5. The van der Waals surface area contributed by atoms with E-state index < -0.39 is 102 Å². The minimum Gasteiger partial charge on any atom is -0.445 e. The number of amides is 8. The zero-order valence-electron chi connectivity index (χ0n) is 51.2. The summed E-state index contributed by atoms with van der Waals surface area (Å²) in [5.41, 5.74) is 7.48. The molecule has 2 aromatic rings. The topological polar surface area (TPSA) is 290 Å². The molecule has 468 valence electrons. The molecule has 22 nitrogen and oxygen atoms in total. The molecule has 1 aliphatic heterocycles. The predicted octanol–water partition coefficient (Wildman–Crippen LogP) is 6.33. The van der Waals surface area contributed by atoms with Crippen molar-refractivity contribution in [3.05, 3.63) is 71.8 Å². The van der Waals surface area contributed by atoms with Gasteiger partial charge in [-0.25, -0.2) is 9.59 Å². The van der Waals surface area contributed by atoms with Gasteiger partial charge in [0.2, 0.25) is 35.4 Å². The van der Waals surface area contributed by atoms with Crippen LogP contribution in [0.1, 0.15) is 130 Å². The second-order valence-corrected chi connectivity index (χ2v) is 23.4. The van der Waals surface area contributed by atoms with Crippen LogP contribution < -0.4 is 37.1 Å². The molecule has 0 saturated carbocycles. The molecular weight excluding hydrogens is 1150 g/mol. The van der Waals surface area contributed by atoms with E-state index in [0.717, 1.165) is 24.2 Å². The van der Waals surface area contributed by atoms with Gasteiger partial charge >= 0.3 is 12.2 Å². The van der Waals surface area contributed by atoms with Crippen molar-refractivity contribution in [1.82, 2.24) is 36.0 Å². The van der Waals surface area contributed by atoms with E-state index >= 15 is 0 Å². The minimum absolute atomic E-state index is 0.000281. The second-order valence-electron chi connectivity index (χ2n) is 22.9. The van der Waals surface area contributed by atoms with E-state index in [1.807, 2.05) is 44.2 Å². The summed E-state index contributed by atoms with van der Waals surface area (Å²) >= 11 is 3.07. The number of hydrogen-bond acceptors (Lipinski definition) is 14. The molecule has 8 N–H and O–H groups in total. The third-order valence-electron chi connectivity index (χ3n) is 16.0. The number of rotatable bonds is 29. The maximum absolute atomic E-state index is 14.8. The standard InChI is InChI=1S/C61H94BrN9O13/c1-13-38(6)54(48(81-11)33-51(74)71-31-21-26-46(71)56(82-12)39(7)57(76)65-40(8)55(75)42-22-17-16-18-23-42)69(9)59(78)52(36(2)3)68-58(77)53(37(4)5)70(10)61(80)83-35-41-27-28-47(45(32-41)66-49(72)29-30-64-50(73)34-62)84-60(79)67-44-25-20-15-14-19-24-43(44)63/h16-19,22-24,27-28,32,36-40,43-44,46,48,52-56,75H,13-15,20-21,25-26,29-31,33-35,63H2,1-12H3,(H,64,73)(H,65,76)(H,66,72)(H,67,79)(H,68,77)/b24-19+/t38-,39+,40+,43-,44-,46-,48+,52-,53-,54-,55+,56+/m0/s1. The first-order valence-electron chi connectivity index (χ1n) is 29.4. The van der Waals surface area contributed by atoms with Gasteiger partial charge in [-0.1, -0.05) is 126 Å². The Morgan fingerprint density at radius 2 is 1.55 bits per heavy atom. The summed E-state index contributed by atoms with van der Waals surface area (Å²) in [7, 11) is 6.08. The molecule has 2 aromatic carbocycles. The van der Waals surface area contributed by atoms with E-state index in [2.05, 4.69) is 42.5 Å². The second kappa shape index (κ2) is 34.7. The number of carbonyl (C=O) groups is 8. The van der Waals surface area contributed by atoms with Crippen LogP contribution in [0, 0.1) is 23.7 Å². The van der Waals surface area contributed by atoms with Crippen molar-refractivity contribution in [2.75, 3.05) is 52.1 Å². The maximum Gasteiger partial charge on any atom is 0.412 e. The number of likely N-dealkylation sites (tertiary alicyclic amines) is 1. The summed E-state index contributed by atoms with van der Waals surface area (Å²) in [6, 6.07) is 8.91. The molecule has 12 atom stereocenters. The summed E-state index contributed by atoms with van der Waals surface area (Å²) in [6.07, 6.45) is 4.89. The SMILES string of the molecule is CC[C@H](C)[C@@H]([C@@H](CC(=O)N1CCC[C@H]1[C@H](OC)[C@@H](C)C(=O)N[C@H](C)[C@@H](O)c1ccccc1)OC)N(C)C(=O)[C@@H](NC(=O)[C@H](C(C)C)N(C)C(=O)OCc1ccc(OC(=O)N[C@H]2CCCC/C=C/[C@@H]2N)c(NC(=O)CCNC(=O)CBr)c1)C(C)C. The van der Waals surface area contributed by atoms with Gasteiger partial charge in [0.25, 0.3) is 0 Å². The van der Waals surface area contributed by atoms with Gasteiger partial charge in [-0.05, 0) is 80.0 Å². The molecule has 1 saturated heterocycles. The Kier molecular flexibility index (Phi) is 29.1. The van der Waals surface area contributed by atoms with Crippen LogP contribution in [0.25, 0.3) is 0 Å². The Morgan fingerprint density at radius 3 is 2.18 bits per heavy atom. The van der Waals surface area contributed by atoms with E-state index in [1.54, 1.807) is 76.6 Å². The van der Waals surface area contributed by atoms with E-state index in [1.165, 1.54) is 33.4 Å². The fourth-order valence-corrected chi connectivity index (χ4v) is 11.2. The number of methoxy groups -OCH3 is 2. The van der Waals surface area contributed by atoms with Crippen LogP contribution in [0.2, 0.25) is 0 Å². The number of anilines is 1. The summed E-state index contributed by atoms with van der Waals surface area (Å²) in [4.78, 5) is 114. The lowest BCUT2D eigenvalue weighted by Crippen LogP contribution is -2.60. The van der Waals surface area contributed by atoms with Gasteiger partial charge in [-0.15, -0.1) is 0 Å². The molecular formula is C61H94BrN9O13. The molecule has 0 unspecified atom stereocenters. The van der Waals surface area contributed by atoms with E-state index in [-0.39, 0.29) is 72.4 Å². The van der Waals surface area contributed by atoms with Crippen molar-refractivity contribution in [2.45, 2.75) is 180 Å². The van der Waals surface area contributed by atoms with Crippen LogP contribution in [0.15, 0.2) is 60.7 Å². The normalized spacial score (nSPS) is 19.8. The summed E-state index contributed by atoms with van der Waals surface area (Å²) in [5, 5.41) is 25.1. The lowest BCUT2D eigenvalue weighted by Gasteiger charge is -2.41. The van der Waals surface area contributed by atoms with Crippen LogP contribution in [0.3, 0.4) is 0 Å². The molecule has 84 heavy (non-hydrogen) atoms. The number of nitrogens with one attached hydrogen (secondary N) is 5. The highest BCUT2D eigenvalue weighted by Gasteiger charge is 2.44. The molecule has 4 rings (SSSR count).